The molecule has 1 heterocycles. The predicted molar refractivity (Wildman–Crippen MR) is 49.7 cm³/mol. The Morgan fingerprint density at radius 1 is 1.50 bits per heavy atom. The zero-order valence-electron chi connectivity index (χ0n) is 7.92. The maximum Gasteiger partial charge on any atom is 0.0978 e. The van der Waals surface area contributed by atoms with E-state index in [4.69, 9.17) is 5.26 Å². The van der Waals surface area contributed by atoms with E-state index in [1.165, 1.54) is 25.7 Å². The first-order valence-corrected chi connectivity index (χ1v) is 5.02. The Morgan fingerprint density at radius 3 is 3.00 bits per heavy atom. The Bertz CT molecular complexity index is 160. The summed E-state index contributed by atoms with van der Waals surface area (Å²) in [7, 11) is 0. The summed E-state index contributed by atoms with van der Waals surface area (Å²) in [5.74, 6) is 0. The van der Waals surface area contributed by atoms with E-state index in [-0.39, 0.29) is 6.04 Å². The largest absolute Gasteiger partial charge is 0.288 e. The molecule has 0 radical (unpaired) electrons. The number of hydrogen-bond donors (Lipinski definition) is 0. The first kappa shape index (κ1) is 9.54. The maximum absolute atomic E-state index is 8.80. The lowest BCUT2D eigenvalue weighted by Gasteiger charge is -2.18. The van der Waals surface area contributed by atoms with Crippen molar-refractivity contribution in [3.63, 3.8) is 0 Å². The van der Waals surface area contributed by atoms with Crippen LogP contribution in [0.3, 0.4) is 0 Å². The van der Waals surface area contributed by atoms with Gasteiger partial charge in [0.1, 0.15) is 0 Å². The highest BCUT2D eigenvalue weighted by atomic mass is 15.2. The molecule has 0 aromatic carbocycles. The van der Waals surface area contributed by atoms with Crippen LogP contribution < -0.4 is 0 Å². The zero-order chi connectivity index (χ0) is 8.81. The van der Waals surface area contributed by atoms with Crippen LogP contribution in [0.4, 0.5) is 0 Å². The second-order valence-corrected chi connectivity index (χ2v) is 3.53. The van der Waals surface area contributed by atoms with Crippen molar-refractivity contribution in [2.45, 2.75) is 45.1 Å². The molecule has 0 aromatic heterocycles. The predicted octanol–water partition coefficient (Wildman–Crippen LogP) is 2.16. The van der Waals surface area contributed by atoms with E-state index in [0.29, 0.717) is 0 Å². The molecule has 0 amide bonds. The van der Waals surface area contributed by atoms with E-state index in [0.717, 1.165) is 19.5 Å². The highest BCUT2D eigenvalue weighted by Gasteiger charge is 2.22. The zero-order valence-corrected chi connectivity index (χ0v) is 7.92. The second-order valence-electron chi connectivity index (χ2n) is 3.53. The quantitative estimate of drug-likeness (QED) is 0.598. The van der Waals surface area contributed by atoms with Gasteiger partial charge in [-0.3, -0.25) is 4.90 Å². The highest BCUT2D eigenvalue weighted by molar-refractivity contribution is 4.95. The van der Waals surface area contributed by atoms with Crippen LogP contribution in [-0.2, 0) is 0 Å². The van der Waals surface area contributed by atoms with E-state index in [2.05, 4.69) is 17.9 Å². The Kier molecular flexibility index (Phi) is 4.10. The molecule has 0 N–H and O–H groups in total. The number of likely N-dealkylation sites (tertiary alicyclic amines) is 1. The summed E-state index contributed by atoms with van der Waals surface area (Å²) in [5.41, 5.74) is 0. The third kappa shape index (κ3) is 2.49. The number of hydrogen-bond acceptors (Lipinski definition) is 2. The molecule has 1 atom stereocenters. The molecule has 1 rings (SSSR count). The van der Waals surface area contributed by atoms with Crippen molar-refractivity contribution >= 4 is 0 Å². The summed E-state index contributed by atoms with van der Waals surface area (Å²) in [6, 6.07) is 2.59. The van der Waals surface area contributed by atoms with Crippen LogP contribution in [0, 0.1) is 11.3 Å². The topological polar surface area (TPSA) is 27.0 Å². The van der Waals surface area contributed by atoms with Crippen molar-refractivity contribution in [1.29, 1.82) is 5.26 Å². The molecule has 2 nitrogen and oxygen atoms in total. The van der Waals surface area contributed by atoms with E-state index in [1.54, 1.807) is 0 Å². The van der Waals surface area contributed by atoms with Crippen molar-refractivity contribution in [1.82, 2.24) is 4.90 Å². The smallest absolute Gasteiger partial charge is 0.0978 e. The fraction of sp³-hybridized carbons (Fsp3) is 0.900. The molecule has 0 spiro atoms. The molecule has 1 aliphatic heterocycles. The molecule has 1 unspecified atom stereocenters. The lowest BCUT2D eigenvalue weighted by atomic mass is 10.2. The van der Waals surface area contributed by atoms with Gasteiger partial charge in [0.15, 0.2) is 0 Å². The first-order valence-electron chi connectivity index (χ1n) is 5.02. The van der Waals surface area contributed by atoms with Gasteiger partial charge < -0.3 is 0 Å². The number of nitriles is 1. The molecule has 1 saturated heterocycles. The van der Waals surface area contributed by atoms with Crippen LogP contribution >= 0.6 is 0 Å². The lowest BCUT2D eigenvalue weighted by molar-refractivity contribution is 0.288. The summed E-state index contributed by atoms with van der Waals surface area (Å²) >= 11 is 0. The summed E-state index contributed by atoms with van der Waals surface area (Å²) in [6.07, 6.45) is 6.13. The van der Waals surface area contributed by atoms with Crippen molar-refractivity contribution in [2.24, 2.45) is 0 Å². The molecule has 0 bridgehead atoms. The molecular formula is C10H18N2. The van der Waals surface area contributed by atoms with Gasteiger partial charge in [-0.05, 0) is 32.4 Å². The van der Waals surface area contributed by atoms with Gasteiger partial charge in [-0.2, -0.15) is 5.26 Å². The normalized spacial score (nSPS) is 24.2. The molecule has 1 fully saturated rings. The summed E-state index contributed by atoms with van der Waals surface area (Å²) in [4.78, 5) is 2.33. The fourth-order valence-electron chi connectivity index (χ4n) is 1.80. The molecule has 0 aromatic rings. The Balaban J connectivity index is 2.18. The van der Waals surface area contributed by atoms with Crippen LogP contribution in [0.1, 0.15) is 39.0 Å². The average molecular weight is 166 g/mol. The molecule has 2 heteroatoms. The van der Waals surface area contributed by atoms with Gasteiger partial charge in [0.25, 0.3) is 0 Å². The average Bonchev–Trinajstić information content (AvgIpc) is 2.52. The van der Waals surface area contributed by atoms with Gasteiger partial charge >= 0.3 is 0 Å². The van der Waals surface area contributed by atoms with Gasteiger partial charge in [0, 0.05) is 0 Å². The minimum Gasteiger partial charge on any atom is -0.288 e. The SMILES string of the molecule is CCCCCN1CCCC1C#N. The molecule has 12 heavy (non-hydrogen) atoms. The summed E-state index contributed by atoms with van der Waals surface area (Å²) in [6.45, 7) is 4.49. The summed E-state index contributed by atoms with van der Waals surface area (Å²) in [5, 5.41) is 8.80. The maximum atomic E-state index is 8.80. The van der Waals surface area contributed by atoms with E-state index in [9.17, 15) is 0 Å². The van der Waals surface area contributed by atoms with Crippen molar-refractivity contribution in [2.75, 3.05) is 13.1 Å². The minimum absolute atomic E-state index is 0.224. The van der Waals surface area contributed by atoms with Gasteiger partial charge in [0.2, 0.25) is 0 Å². The Morgan fingerprint density at radius 2 is 2.33 bits per heavy atom. The van der Waals surface area contributed by atoms with Crippen LogP contribution in [0.25, 0.3) is 0 Å². The van der Waals surface area contributed by atoms with Crippen molar-refractivity contribution < 1.29 is 0 Å². The molecule has 1 aliphatic rings. The van der Waals surface area contributed by atoms with Gasteiger partial charge in [-0.25, -0.2) is 0 Å². The van der Waals surface area contributed by atoms with E-state index < -0.39 is 0 Å². The minimum atomic E-state index is 0.224. The van der Waals surface area contributed by atoms with E-state index in [1.807, 2.05) is 0 Å². The Labute approximate surface area is 75.2 Å². The summed E-state index contributed by atoms with van der Waals surface area (Å²) < 4.78 is 0. The second kappa shape index (κ2) is 5.16. The third-order valence-corrected chi connectivity index (χ3v) is 2.56. The molecule has 68 valence electrons. The molecular weight excluding hydrogens is 148 g/mol. The molecule has 0 aliphatic carbocycles. The highest BCUT2D eigenvalue weighted by Crippen LogP contribution is 2.16. The van der Waals surface area contributed by atoms with Crippen LogP contribution in [0.15, 0.2) is 0 Å². The van der Waals surface area contributed by atoms with Crippen LogP contribution in [0.5, 0.6) is 0 Å². The van der Waals surface area contributed by atoms with Crippen LogP contribution in [0.2, 0.25) is 0 Å². The fourth-order valence-corrected chi connectivity index (χ4v) is 1.80. The van der Waals surface area contributed by atoms with Crippen molar-refractivity contribution in [3.8, 4) is 6.07 Å². The number of unbranched alkanes of at least 4 members (excludes halogenated alkanes) is 2. The van der Waals surface area contributed by atoms with Crippen LogP contribution in [-0.4, -0.2) is 24.0 Å². The monoisotopic (exact) mass is 166 g/mol. The lowest BCUT2D eigenvalue weighted by Crippen LogP contribution is -2.28. The van der Waals surface area contributed by atoms with Gasteiger partial charge in [-0.15, -0.1) is 0 Å². The third-order valence-electron chi connectivity index (χ3n) is 2.56. The van der Waals surface area contributed by atoms with Crippen molar-refractivity contribution in [3.05, 3.63) is 0 Å². The number of rotatable bonds is 4. The standard InChI is InChI=1S/C10H18N2/c1-2-3-4-7-12-8-5-6-10(12)9-11/h10H,2-8H2,1H3. The first-order chi connectivity index (χ1) is 5.88. The van der Waals surface area contributed by atoms with Gasteiger partial charge in [-0.1, -0.05) is 19.8 Å². The van der Waals surface area contributed by atoms with Gasteiger partial charge in [0.05, 0.1) is 12.1 Å². The number of nitrogens with zero attached hydrogens (tertiary/aromatic N) is 2. The molecule has 0 saturated carbocycles. The Hall–Kier alpha value is -0.550. The van der Waals surface area contributed by atoms with E-state index >= 15 is 0 Å².